The van der Waals surface area contributed by atoms with Crippen molar-refractivity contribution in [2.75, 3.05) is 13.6 Å². The van der Waals surface area contributed by atoms with E-state index in [1.54, 1.807) is 0 Å². The number of nitrogens with one attached hydrogen (secondary N) is 1. The molecule has 0 spiro atoms. The fraction of sp³-hybridized carbons (Fsp3) is 0.261. The van der Waals surface area contributed by atoms with Gasteiger partial charge in [-0.05, 0) is 37.3 Å². The van der Waals surface area contributed by atoms with Crippen LogP contribution in [0.3, 0.4) is 0 Å². The summed E-state index contributed by atoms with van der Waals surface area (Å²) in [5, 5.41) is 2.46. The zero-order chi connectivity index (χ0) is 23.7. The number of hydrogen-bond acceptors (Lipinski definition) is 4. The van der Waals surface area contributed by atoms with E-state index in [0.29, 0.717) is 29.9 Å². The van der Waals surface area contributed by atoms with Gasteiger partial charge in [-0.15, -0.1) is 0 Å². The molecule has 2 rings (SSSR count). The van der Waals surface area contributed by atoms with E-state index in [0.717, 1.165) is 18.2 Å². The fourth-order valence-electron chi connectivity index (χ4n) is 2.87. The number of benzene rings is 2. The molecule has 6 nitrogen and oxygen atoms in total. The molecule has 0 aromatic heterocycles. The third-order valence-electron chi connectivity index (χ3n) is 4.69. The molecule has 0 fully saturated rings. The normalized spacial score (nSPS) is 13.4. The zero-order valence-corrected chi connectivity index (χ0v) is 17.8. The van der Waals surface area contributed by atoms with Gasteiger partial charge in [0.05, 0.1) is 17.3 Å². The van der Waals surface area contributed by atoms with Crippen LogP contribution in [0, 0.1) is 0 Å². The lowest BCUT2D eigenvalue weighted by molar-refractivity contribution is -0.137. The summed E-state index contributed by atoms with van der Waals surface area (Å²) in [5.41, 5.74) is 5.84. The summed E-state index contributed by atoms with van der Waals surface area (Å²) in [7, 11) is 1.81. The molecule has 2 aromatic rings. The molecule has 0 aliphatic carbocycles. The van der Waals surface area contributed by atoms with E-state index in [1.165, 1.54) is 12.3 Å². The Morgan fingerprint density at radius 3 is 2.44 bits per heavy atom. The Kier molecular flexibility index (Phi) is 8.57. The first-order chi connectivity index (χ1) is 15.2. The Hall–Kier alpha value is -3.62. The number of carbonyl (C=O) groups excluding carboxylic acids is 2. The van der Waals surface area contributed by atoms with Gasteiger partial charge in [-0.1, -0.05) is 24.3 Å². The highest BCUT2D eigenvalue weighted by Crippen LogP contribution is 2.29. The second kappa shape index (κ2) is 11.1. The molecule has 0 aliphatic heterocycles. The minimum Gasteiger partial charge on any atom is -0.404 e. The number of rotatable bonds is 8. The molecule has 1 unspecified atom stereocenters. The standard InChI is InChI=1S/C23H25F3N4O2/c1-3-30(2)21(28-19-10-5-4-6-11-19)17(14-27)13-20(15-31)29-22(32)16-8-7-9-18(12-16)23(24,25)26/h4-12,14-15,20H,3,13,27H2,1-2H3,(H,29,32)/b17-14-,28-21?. The van der Waals surface area contributed by atoms with Crippen molar-refractivity contribution < 1.29 is 22.8 Å². The number of aliphatic imine (C=N–C) groups is 1. The van der Waals surface area contributed by atoms with Gasteiger partial charge < -0.3 is 20.7 Å². The highest BCUT2D eigenvalue weighted by Gasteiger charge is 2.31. The Balaban J connectivity index is 2.24. The smallest absolute Gasteiger partial charge is 0.404 e. The van der Waals surface area contributed by atoms with Crippen LogP contribution in [0.1, 0.15) is 29.3 Å². The van der Waals surface area contributed by atoms with Crippen molar-refractivity contribution in [3.63, 3.8) is 0 Å². The highest BCUT2D eigenvalue weighted by atomic mass is 19.4. The number of amides is 1. The van der Waals surface area contributed by atoms with Gasteiger partial charge in [0, 0.05) is 37.3 Å². The van der Waals surface area contributed by atoms with Gasteiger partial charge in [0.25, 0.3) is 5.91 Å². The predicted molar refractivity (Wildman–Crippen MR) is 117 cm³/mol. The third-order valence-corrected chi connectivity index (χ3v) is 4.69. The molecule has 1 amide bonds. The first-order valence-electron chi connectivity index (χ1n) is 9.89. The van der Waals surface area contributed by atoms with Crippen molar-refractivity contribution >= 4 is 23.7 Å². The van der Waals surface area contributed by atoms with Crippen LogP contribution < -0.4 is 11.1 Å². The second-order valence-corrected chi connectivity index (χ2v) is 6.98. The molecule has 170 valence electrons. The molecule has 32 heavy (non-hydrogen) atoms. The largest absolute Gasteiger partial charge is 0.416 e. The number of hydrogen-bond donors (Lipinski definition) is 2. The predicted octanol–water partition coefficient (Wildman–Crippen LogP) is 3.92. The Morgan fingerprint density at radius 2 is 1.88 bits per heavy atom. The molecule has 0 saturated heterocycles. The molecular weight excluding hydrogens is 421 g/mol. The molecule has 2 aromatic carbocycles. The summed E-state index contributed by atoms with van der Waals surface area (Å²) in [5.74, 6) is -0.281. The number of nitrogens with two attached hydrogens (primary N) is 1. The van der Waals surface area contributed by atoms with E-state index in [9.17, 15) is 22.8 Å². The van der Waals surface area contributed by atoms with E-state index >= 15 is 0 Å². The Labute approximate surface area is 184 Å². The van der Waals surface area contributed by atoms with Crippen molar-refractivity contribution in [2.45, 2.75) is 25.6 Å². The van der Waals surface area contributed by atoms with E-state index < -0.39 is 23.7 Å². The van der Waals surface area contributed by atoms with Crippen molar-refractivity contribution in [2.24, 2.45) is 10.7 Å². The summed E-state index contributed by atoms with van der Waals surface area (Å²) >= 11 is 0. The number of nitrogens with zero attached hydrogens (tertiary/aromatic N) is 2. The topological polar surface area (TPSA) is 87.8 Å². The molecule has 9 heteroatoms. The second-order valence-electron chi connectivity index (χ2n) is 6.98. The van der Waals surface area contributed by atoms with Crippen LogP contribution in [0.5, 0.6) is 0 Å². The van der Waals surface area contributed by atoms with E-state index in [4.69, 9.17) is 5.73 Å². The summed E-state index contributed by atoms with van der Waals surface area (Å²) in [6.07, 6.45) is -2.74. The molecule has 0 radical (unpaired) electrons. The summed E-state index contributed by atoms with van der Waals surface area (Å²) < 4.78 is 38.8. The van der Waals surface area contributed by atoms with Gasteiger partial charge in [0.1, 0.15) is 12.1 Å². The lowest BCUT2D eigenvalue weighted by Crippen LogP contribution is -2.38. The van der Waals surface area contributed by atoms with Gasteiger partial charge in [-0.25, -0.2) is 4.99 Å². The first kappa shape index (κ1) is 24.6. The Bertz CT molecular complexity index is 988. The van der Waals surface area contributed by atoms with Gasteiger partial charge >= 0.3 is 6.18 Å². The third kappa shape index (κ3) is 6.69. The van der Waals surface area contributed by atoms with Gasteiger partial charge in [0.2, 0.25) is 0 Å². The van der Waals surface area contributed by atoms with Gasteiger partial charge in [0.15, 0.2) is 0 Å². The maximum Gasteiger partial charge on any atom is 0.416 e. The summed E-state index contributed by atoms with van der Waals surface area (Å²) in [6.45, 7) is 2.52. The van der Waals surface area contributed by atoms with Crippen molar-refractivity contribution in [1.29, 1.82) is 0 Å². The number of aldehydes is 1. The number of alkyl halides is 3. The van der Waals surface area contributed by atoms with Gasteiger partial charge in [-0.2, -0.15) is 13.2 Å². The molecule has 0 bridgehead atoms. The number of carbonyl (C=O) groups is 2. The average Bonchev–Trinajstić information content (AvgIpc) is 2.80. The van der Waals surface area contributed by atoms with Crippen molar-refractivity contribution in [1.82, 2.24) is 10.2 Å². The van der Waals surface area contributed by atoms with E-state index in [2.05, 4.69) is 10.3 Å². The first-order valence-corrected chi connectivity index (χ1v) is 9.89. The van der Waals surface area contributed by atoms with Crippen LogP contribution in [0.15, 0.2) is 71.4 Å². The van der Waals surface area contributed by atoms with Crippen LogP contribution in [0.2, 0.25) is 0 Å². The van der Waals surface area contributed by atoms with Crippen LogP contribution in [0.25, 0.3) is 0 Å². The zero-order valence-electron chi connectivity index (χ0n) is 17.8. The highest BCUT2D eigenvalue weighted by molar-refractivity contribution is 6.00. The maximum atomic E-state index is 12.9. The molecule has 0 saturated carbocycles. The number of halogens is 3. The molecule has 0 heterocycles. The van der Waals surface area contributed by atoms with Crippen molar-refractivity contribution in [3.8, 4) is 0 Å². The molecular formula is C23H25F3N4O2. The van der Waals surface area contributed by atoms with Crippen LogP contribution >= 0.6 is 0 Å². The molecule has 0 aliphatic rings. The molecule has 1 atom stereocenters. The summed E-state index contributed by atoms with van der Waals surface area (Å²) in [6, 6.07) is 12.1. The lowest BCUT2D eigenvalue weighted by Gasteiger charge is -2.23. The minimum absolute atomic E-state index is 0.0146. The van der Waals surface area contributed by atoms with Crippen LogP contribution in [0.4, 0.5) is 18.9 Å². The summed E-state index contributed by atoms with van der Waals surface area (Å²) in [4.78, 5) is 30.6. The fourth-order valence-corrected chi connectivity index (χ4v) is 2.87. The molecule has 3 N–H and O–H groups in total. The van der Waals surface area contributed by atoms with Crippen LogP contribution in [-0.2, 0) is 11.0 Å². The maximum absolute atomic E-state index is 12.9. The Morgan fingerprint density at radius 1 is 1.19 bits per heavy atom. The van der Waals surface area contributed by atoms with Crippen LogP contribution in [-0.4, -0.2) is 42.6 Å². The monoisotopic (exact) mass is 446 g/mol. The van der Waals surface area contributed by atoms with E-state index in [1.807, 2.05) is 49.2 Å². The van der Waals surface area contributed by atoms with E-state index in [-0.39, 0.29) is 12.0 Å². The number of para-hydroxylation sites is 1. The van der Waals surface area contributed by atoms with Crippen molar-refractivity contribution in [3.05, 3.63) is 77.5 Å². The lowest BCUT2D eigenvalue weighted by atomic mass is 10.0. The number of likely N-dealkylation sites (N-methyl/N-ethyl adjacent to an activating group) is 1. The SMILES string of the molecule is CCN(C)C(=Nc1ccccc1)/C(=C\N)CC(C=O)NC(=O)c1cccc(C(F)(F)F)c1. The van der Waals surface area contributed by atoms with Gasteiger partial charge in [-0.3, -0.25) is 4.79 Å². The number of amidine groups is 1. The quantitative estimate of drug-likeness (QED) is 0.366. The average molecular weight is 446 g/mol. The minimum atomic E-state index is -4.58.